The lowest BCUT2D eigenvalue weighted by Crippen LogP contribution is -2.22. The SMILES string of the molecule is CCNCC(=O)c1ccc([N+](=O)[O-])cc1. The molecule has 0 saturated carbocycles. The fraction of sp³-hybridized carbons (Fsp3) is 0.300. The number of non-ortho nitro benzene ring substituents is 1. The number of hydrogen-bond donors (Lipinski definition) is 1. The first-order chi connectivity index (χ1) is 7.15. The van der Waals surface area contributed by atoms with E-state index in [0.29, 0.717) is 5.56 Å². The lowest BCUT2D eigenvalue weighted by Gasteiger charge is -2.00. The molecular formula is C10H12N2O3. The van der Waals surface area contributed by atoms with Crippen LogP contribution in [-0.2, 0) is 0 Å². The van der Waals surface area contributed by atoms with E-state index in [9.17, 15) is 14.9 Å². The highest BCUT2D eigenvalue weighted by molar-refractivity contribution is 5.97. The molecule has 0 unspecified atom stereocenters. The minimum Gasteiger partial charge on any atom is -0.310 e. The van der Waals surface area contributed by atoms with Crippen molar-refractivity contribution in [1.82, 2.24) is 5.32 Å². The first-order valence-electron chi connectivity index (χ1n) is 4.63. The molecule has 1 aromatic rings. The highest BCUT2D eigenvalue weighted by Crippen LogP contribution is 2.11. The summed E-state index contributed by atoms with van der Waals surface area (Å²) in [5.41, 5.74) is 0.483. The number of Topliss-reactive ketones (excluding diaryl/α,β-unsaturated/α-hetero) is 1. The van der Waals surface area contributed by atoms with Gasteiger partial charge in [-0.05, 0) is 18.7 Å². The largest absolute Gasteiger partial charge is 0.310 e. The van der Waals surface area contributed by atoms with E-state index in [1.807, 2.05) is 6.92 Å². The maximum Gasteiger partial charge on any atom is 0.269 e. The highest BCUT2D eigenvalue weighted by Gasteiger charge is 2.08. The molecule has 0 radical (unpaired) electrons. The van der Waals surface area contributed by atoms with Gasteiger partial charge in [0.2, 0.25) is 0 Å². The number of nitro benzene ring substituents is 1. The second kappa shape index (κ2) is 5.21. The molecule has 0 spiro atoms. The third-order valence-corrected chi connectivity index (χ3v) is 1.94. The normalized spacial score (nSPS) is 9.93. The van der Waals surface area contributed by atoms with E-state index in [1.165, 1.54) is 24.3 Å². The van der Waals surface area contributed by atoms with Crippen molar-refractivity contribution in [2.75, 3.05) is 13.1 Å². The molecule has 1 rings (SSSR count). The number of rotatable bonds is 5. The van der Waals surface area contributed by atoms with Gasteiger partial charge in [0.25, 0.3) is 5.69 Å². The Kier molecular flexibility index (Phi) is 3.93. The number of nitro groups is 1. The number of hydrogen-bond acceptors (Lipinski definition) is 4. The number of likely N-dealkylation sites (N-methyl/N-ethyl adjacent to an activating group) is 1. The zero-order valence-corrected chi connectivity index (χ0v) is 8.40. The van der Waals surface area contributed by atoms with E-state index in [1.54, 1.807) is 0 Å². The standard InChI is InChI=1S/C10H12N2O3/c1-2-11-7-10(13)8-3-5-9(6-4-8)12(14)15/h3-6,11H,2,7H2,1H3. The van der Waals surface area contributed by atoms with Crippen molar-refractivity contribution in [3.63, 3.8) is 0 Å². The molecule has 0 aliphatic carbocycles. The van der Waals surface area contributed by atoms with Crippen LogP contribution in [0.25, 0.3) is 0 Å². The van der Waals surface area contributed by atoms with Gasteiger partial charge in [-0.2, -0.15) is 0 Å². The lowest BCUT2D eigenvalue weighted by atomic mass is 10.1. The van der Waals surface area contributed by atoms with E-state index in [4.69, 9.17) is 0 Å². The van der Waals surface area contributed by atoms with Crippen molar-refractivity contribution in [3.05, 3.63) is 39.9 Å². The molecule has 0 bridgehead atoms. The lowest BCUT2D eigenvalue weighted by molar-refractivity contribution is -0.384. The molecular weight excluding hydrogens is 196 g/mol. The van der Waals surface area contributed by atoms with Gasteiger partial charge >= 0.3 is 0 Å². The maximum absolute atomic E-state index is 11.5. The predicted molar refractivity (Wildman–Crippen MR) is 56.0 cm³/mol. The second-order valence-electron chi connectivity index (χ2n) is 3.01. The quantitative estimate of drug-likeness (QED) is 0.451. The van der Waals surface area contributed by atoms with E-state index in [0.717, 1.165) is 6.54 Å². The Hall–Kier alpha value is -1.75. The summed E-state index contributed by atoms with van der Waals surface area (Å²) in [6.45, 7) is 2.89. The zero-order chi connectivity index (χ0) is 11.3. The number of nitrogens with one attached hydrogen (secondary N) is 1. The molecule has 1 aromatic carbocycles. The summed E-state index contributed by atoms with van der Waals surface area (Å²) >= 11 is 0. The first kappa shape index (κ1) is 11.3. The van der Waals surface area contributed by atoms with Gasteiger partial charge in [0.1, 0.15) is 0 Å². The van der Waals surface area contributed by atoms with E-state index < -0.39 is 4.92 Å². The topological polar surface area (TPSA) is 72.2 Å². The summed E-state index contributed by atoms with van der Waals surface area (Å²) in [7, 11) is 0. The van der Waals surface area contributed by atoms with Gasteiger partial charge in [0, 0.05) is 17.7 Å². The monoisotopic (exact) mass is 208 g/mol. The van der Waals surface area contributed by atoms with Gasteiger partial charge < -0.3 is 5.32 Å². The van der Waals surface area contributed by atoms with Crippen molar-refractivity contribution in [3.8, 4) is 0 Å². The molecule has 5 nitrogen and oxygen atoms in total. The van der Waals surface area contributed by atoms with Crippen LogP contribution in [-0.4, -0.2) is 23.8 Å². The summed E-state index contributed by atoms with van der Waals surface area (Å²) in [5.74, 6) is -0.0632. The van der Waals surface area contributed by atoms with Crippen molar-refractivity contribution in [2.24, 2.45) is 0 Å². The van der Waals surface area contributed by atoms with Crippen molar-refractivity contribution < 1.29 is 9.72 Å². The predicted octanol–water partition coefficient (Wildman–Crippen LogP) is 1.39. The van der Waals surface area contributed by atoms with Gasteiger partial charge in [0.15, 0.2) is 5.78 Å². The molecule has 5 heteroatoms. The fourth-order valence-corrected chi connectivity index (χ4v) is 1.11. The molecule has 1 N–H and O–H groups in total. The Balaban J connectivity index is 2.71. The molecule has 80 valence electrons. The van der Waals surface area contributed by atoms with E-state index >= 15 is 0 Å². The zero-order valence-electron chi connectivity index (χ0n) is 8.40. The molecule has 0 heterocycles. The highest BCUT2D eigenvalue weighted by atomic mass is 16.6. The van der Waals surface area contributed by atoms with Crippen LogP contribution < -0.4 is 5.32 Å². The summed E-state index contributed by atoms with van der Waals surface area (Å²) in [6.07, 6.45) is 0. The first-order valence-corrected chi connectivity index (χ1v) is 4.63. The van der Waals surface area contributed by atoms with Gasteiger partial charge in [-0.25, -0.2) is 0 Å². The third kappa shape index (κ3) is 3.14. The van der Waals surface area contributed by atoms with Gasteiger partial charge in [-0.3, -0.25) is 14.9 Å². The summed E-state index contributed by atoms with van der Waals surface area (Å²) in [6, 6.07) is 5.61. The van der Waals surface area contributed by atoms with Crippen LogP contribution in [0.5, 0.6) is 0 Å². The average Bonchev–Trinajstić information content (AvgIpc) is 2.26. The van der Waals surface area contributed by atoms with Gasteiger partial charge in [-0.1, -0.05) is 6.92 Å². The van der Waals surface area contributed by atoms with Crippen LogP contribution in [0.4, 0.5) is 5.69 Å². The van der Waals surface area contributed by atoms with Crippen LogP contribution in [0.1, 0.15) is 17.3 Å². The summed E-state index contributed by atoms with van der Waals surface area (Å²) in [4.78, 5) is 21.3. The molecule has 0 fully saturated rings. The van der Waals surface area contributed by atoms with Crippen LogP contribution in [0.2, 0.25) is 0 Å². The van der Waals surface area contributed by atoms with Crippen molar-refractivity contribution in [2.45, 2.75) is 6.92 Å². The second-order valence-corrected chi connectivity index (χ2v) is 3.01. The summed E-state index contributed by atoms with van der Waals surface area (Å²) in [5, 5.41) is 13.3. The Morgan fingerprint density at radius 3 is 2.47 bits per heavy atom. The van der Waals surface area contributed by atoms with Crippen LogP contribution in [0.3, 0.4) is 0 Å². The minimum atomic E-state index is -0.488. The minimum absolute atomic E-state index is 0.00463. The van der Waals surface area contributed by atoms with Crippen molar-refractivity contribution >= 4 is 11.5 Å². The van der Waals surface area contributed by atoms with E-state index in [2.05, 4.69) is 5.32 Å². The maximum atomic E-state index is 11.5. The summed E-state index contributed by atoms with van der Waals surface area (Å²) < 4.78 is 0. The number of nitrogens with zero attached hydrogens (tertiary/aromatic N) is 1. The van der Waals surface area contributed by atoms with Gasteiger partial charge in [-0.15, -0.1) is 0 Å². The van der Waals surface area contributed by atoms with Crippen LogP contribution in [0, 0.1) is 10.1 Å². The third-order valence-electron chi connectivity index (χ3n) is 1.94. The average molecular weight is 208 g/mol. The Bertz CT molecular complexity index is 359. The molecule has 0 aromatic heterocycles. The molecule has 0 atom stereocenters. The number of benzene rings is 1. The number of ketones is 1. The molecule has 0 amide bonds. The molecule has 15 heavy (non-hydrogen) atoms. The number of carbonyl (C=O) groups excluding carboxylic acids is 1. The van der Waals surface area contributed by atoms with Crippen LogP contribution >= 0.6 is 0 Å². The number of carbonyl (C=O) groups is 1. The van der Waals surface area contributed by atoms with Gasteiger partial charge in [0.05, 0.1) is 11.5 Å². The van der Waals surface area contributed by atoms with E-state index in [-0.39, 0.29) is 18.0 Å². The Morgan fingerprint density at radius 1 is 1.40 bits per heavy atom. The van der Waals surface area contributed by atoms with Crippen LogP contribution in [0.15, 0.2) is 24.3 Å². The molecule has 0 aliphatic heterocycles. The molecule has 0 saturated heterocycles. The smallest absolute Gasteiger partial charge is 0.269 e. The fourth-order valence-electron chi connectivity index (χ4n) is 1.11. The molecule has 0 aliphatic rings. The Labute approximate surface area is 87.3 Å². The Morgan fingerprint density at radius 2 is 2.00 bits per heavy atom. The van der Waals surface area contributed by atoms with Crippen molar-refractivity contribution in [1.29, 1.82) is 0 Å².